The lowest BCUT2D eigenvalue weighted by atomic mass is 10.0. The zero-order valence-electron chi connectivity index (χ0n) is 15.7. The van der Waals surface area contributed by atoms with Gasteiger partial charge in [-0.15, -0.1) is 0 Å². The molecule has 1 aromatic heterocycles. The van der Waals surface area contributed by atoms with Gasteiger partial charge in [-0.3, -0.25) is 5.10 Å². The first kappa shape index (κ1) is 17.8. The van der Waals surface area contributed by atoms with Crippen LogP contribution in [0.25, 0.3) is 22.4 Å². The Kier molecular flexibility index (Phi) is 4.81. The first-order valence-corrected chi connectivity index (χ1v) is 8.96. The Bertz CT molecular complexity index is 1100. The van der Waals surface area contributed by atoms with Gasteiger partial charge in [-0.2, -0.15) is 5.10 Å². The third-order valence-electron chi connectivity index (χ3n) is 4.67. The van der Waals surface area contributed by atoms with Crippen LogP contribution < -0.4 is 10.1 Å². The smallest absolute Gasteiger partial charge is 0.152 e. The highest BCUT2D eigenvalue weighted by atomic mass is 19.1. The molecule has 4 aromatic rings. The number of H-pyrrole nitrogens is 1. The molecule has 0 aliphatic rings. The van der Waals surface area contributed by atoms with Gasteiger partial charge in [0, 0.05) is 17.3 Å². The molecule has 0 amide bonds. The van der Waals surface area contributed by atoms with Gasteiger partial charge in [-0.25, -0.2) is 4.39 Å². The Morgan fingerprint density at radius 1 is 0.929 bits per heavy atom. The predicted octanol–water partition coefficient (Wildman–Crippen LogP) is 5.94. The van der Waals surface area contributed by atoms with Crippen molar-refractivity contribution in [1.82, 2.24) is 10.2 Å². The van der Waals surface area contributed by atoms with E-state index < -0.39 is 0 Å². The summed E-state index contributed by atoms with van der Waals surface area (Å²) in [5.41, 5.74) is 5.32. The molecule has 0 aliphatic heterocycles. The third kappa shape index (κ3) is 3.60. The molecule has 140 valence electrons. The van der Waals surface area contributed by atoms with Crippen LogP contribution in [0.5, 0.6) is 5.75 Å². The van der Waals surface area contributed by atoms with Gasteiger partial charge in [0.15, 0.2) is 5.82 Å². The molecule has 0 unspecified atom stereocenters. The van der Waals surface area contributed by atoms with Crippen molar-refractivity contribution in [2.75, 3.05) is 12.4 Å². The molecule has 0 aliphatic carbocycles. The predicted molar refractivity (Wildman–Crippen MR) is 110 cm³/mol. The maximum atomic E-state index is 14.2. The summed E-state index contributed by atoms with van der Waals surface area (Å²) in [6.45, 7) is 2.05. The number of rotatable bonds is 5. The molecule has 0 bridgehead atoms. The van der Waals surface area contributed by atoms with E-state index in [4.69, 9.17) is 4.74 Å². The van der Waals surface area contributed by atoms with Crippen molar-refractivity contribution >= 4 is 11.5 Å². The fraction of sp³-hybridized carbons (Fsp3) is 0.0870. The summed E-state index contributed by atoms with van der Waals surface area (Å²) in [4.78, 5) is 0. The Morgan fingerprint density at radius 2 is 1.68 bits per heavy atom. The van der Waals surface area contributed by atoms with Crippen LogP contribution in [0, 0.1) is 12.7 Å². The van der Waals surface area contributed by atoms with Crippen LogP contribution in [0.15, 0.2) is 72.8 Å². The number of nitrogens with one attached hydrogen (secondary N) is 2. The zero-order chi connectivity index (χ0) is 19.5. The zero-order valence-corrected chi connectivity index (χ0v) is 15.7. The summed E-state index contributed by atoms with van der Waals surface area (Å²) < 4.78 is 19.4. The lowest BCUT2D eigenvalue weighted by Gasteiger charge is -2.07. The SMILES string of the molecule is COc1ccc(F)c(-c2ccc(-c3cc(Nc4ccccc4C)n[nH]3)cc2)c1. The summed E-state index contributed by atoms with van der Waals surface area (Å²) in [7, 11) is 1.57. The number of ether oxygens (including phenoxy) is 1. The second-order valence-electron chi connectivity index (χ2n) is 6.53. The van der Waals surface area contributed by atoms with Crippen LogP contribution in [0.2, 0.25) is 0 Å². The molecular formula is C23H20FN3O. The topological polar surface area (TPSA) is 49.9 Å². The third-order valence-corrected chi connectivity index (χ3v) is 4.67. The quantitative estimate of drug-likeness (QED) is 0.455. The molecular weight excluding hydrogens is 353 g/mol. The van der Waals surface area contributed by atoms with Gasteiger partial charge in [-0.05, 0) is 47.9 Å². The number of hydrogen-bond donors (Lipinski definition) is 2. The minimum atomic E-state index is -0.278. The molecule has 0 saturated heterocycles. The number of anilines is 2. The molecule has 0 spiro atoms. The number of aryl methyl sites for hydroxylation is 1. The normalized spacial score (nSPS) is 10.7. The number of aromatic amines is 1. The standard InChI is InChI=1S/C23H20FN3O/c1-15-5-3-4-6-21(15)25-23-14-22(26-27-23)17-9-7-16(8-10-17)19-13-18(28-2)11-12-20(19)24/h3-14H,1-2H3,(H2,25,26,27). The second-order valence-corrected chi connectivity index (χ2v) is 6.53. The second kappa shape index (κ2) is 7.56. The molecule has 0 saturated carbocycles. The maximum Gasteiger partial charge on any atom is 0.152 e. The van der Waals surface area contributed by atoms with E-state index in [1.807, 2.05) is 61.5 Å². The Morgan fingerprint density at radius 3 is 2.43 bits per heavy atom. The van der Waals surface area contributed by atoms with Gasteiger partial charge in [0.1, 0.15) is 11.6 Å². The summed E-state index contributed by atoms with van der Waals surface area (Å²) in [6, 6.07) is 22.4. The molecule has 0 fully saturated rings. The molecule has 5 heteroatoms. The van der Waals surface area contributed by atoms with Crippen molar-refractivity contribution in [3.8, 4) is 28.1 Å². The minimum absolute atomic E-state index is 0.278. The number of para-hydroxylation sites is 1. The number of hydrogen-bond acceptors (Lipinski definition) is 3. The van der Waals surface area contributed by atoms with Crippen molar-refractivity contribution < 1.29 is 9.13 Å². The van der Waals surface area contributed by atoms with E-state index in [-0.39, 0.29) is 5.82 Å². The van der Waals surface area contributed by atoms with E-state index in [0.717, 1.165) is 33.9 Å². The lowest BCUT2D eigenvalue weighted by Crippen LogP contribution is -1.92. The van der Waals surface area contributed by atoms with Crippen molar-refractivity contribution in [3.05, 3.63) is 84.2 Å². The monoisotopic (exact) mass is 373 g/mol. The molecule has 3 aromatic carbocycles. The number of methoxy groups -OCH3 is 1. The summed E-state index contributed by atoms with van der Waals surface area (Å²) in [5, 5.41) is 10.7. The largest absolute Gasteiger partial charge is 0.497 e. The average molecular weight is 373 g/mol. The fourth-order valence-electron chi connectivity index (χ4n) is 3.07. The lowest BCUT2D eigenvalue weighted by molar-refractivity contribution is 0.414. The highest BCUT2D eigenvalue weighted by Gasteiger charge is 2.09. The maximum absolute atomic E-state index is 14.2. The van der Waals surface area contributed by atoms with Gasteiger partial charge in [-0.1, -0.05) is 42.5 Å². The van der Waals surface area contributed by atoms with Crippen LogP contribution in [0.3, 0.4) is 0 Å². The van der Waals surface area contributed by atoms with Gasteiger partial charge < -0.3 is 10.1 Å². The Labute approximate surface area is 163 Å². The van der Waals surface area contributed by atoms with Gasteiger partial charge in [0.05, 0.1) is 12.8 Å². The number of aromatic nitrogens is 2. The van der Waals surface area contributed by atoms with Crippen LogP contribution in [-0.4, -0.2) is 17.3 Å². The Hall–Kier alpha value is -3.60. The highest BCUT2D eigenvalue weighted by molar-refractivity contribution is 5.72. The summed E-state index contributed by atoms with van der Waals surface area (Å²) in [6.07, 6.45) is 0. The Balaban J connectivity index is 1.57. The number of halogens is 1. The summed E-state index contributed by atoms with van der Waals surface area (Å²) in [5.74, 6) is 1.09. The van der Waals surface area contributed by atoms with Crippen molar-refractivity contribution in [1.29, 1.82) is 0 Å². The van der Waals surface area contributed by atoms with E-state index in [1.165, 1.54) is 6.07 Å². The molecule has 4 rings (SSSR count). The van der Waals surface area contributed by atoms with Crippen LogP contribution in [-0.2, 0) is 0 Å². The van der Waals surface area contributed by atoms with E-state index in [1.54, 1.807) is 19.2 Å². The van der Waals surface area contributed by atoms with Gasteiger partial charge >= 0.3 is 0 Å². The first-order valence-electron chi connectivity index (χ1n) is 8.96. The first-order chi connectivity index (χ1) is 13.6. The number of nitrogens with zero attached hydrogens (tertiary/aromatic N) is 1. The van der Waals surface area contributed by atoms with E-state index in [2.05, 4.69) is 15.5 Å². The van der Waals surface area contributed by atoms with E-state index in [0.29, 0.717) is 11.3 Å². The molecule has 28 heavy (non-hydrogen) atoms. The van der Waals surface area contributed by atoms with Crippen molar-refractivity contribution in [2.24, 2.45) is 0 Å². The summed E-state index contributed by atoms with van der Waals surface area (Å²) >= 11 is 0. The molecule has 4 nitrogen and oxygen atoms in total. The van der Waals surface area contributed by atoms with Crippen LogP contribution in [0.1, 0.15) is 5.56 Å². The van der Waals surface area contributed by atoms with Crippen LogP contribution >= 0.6 is 0 Å². The van der Waals surface area contributed by atoms with E-state index >= 15 is 0 Å². The van der Waals surface area contributed by atoms with Gasteiger partial charge in [0.25, 0.3) is 0 Å². The van der Waals surface area contributed by atoms with Crippen LogP contribution in [0.4, 0.5) is 15.9 Å². The van der Waals surface area contributed by atoms with Crippen molar-refractivity contribution in [2.45, 2.75) is 6.92 Å². The molecule has 0 atom stereocenters. The van der Waals surface area contributed by atoms with E-state index in [9.17, 15) is 4.39 Å². The molecule has 2 N–H and O–H groups in total. The molecule has 0 radical (unpaired) electrons. The van der Waals surface area contributed by atoms with Gasteiger partial charge in [0.2, 0.25) is 0 Å². The highest BCUT2D eigenvalue weighted by Crippen LogP contribution is 2.30. The molecule has 1 heterocycles. The number of benzene rings is 3. The minimum Gasteiger partial charge on any atom is -0.497 e. The average Bonchev–Trinajstić information content (AvgIpc) is 3.19. The fourth-order valence-corrected chi connectivity index (χ4v) is 3.07. The van der Waals surface area contributed by atoms with Crippen molar-refractivity contribution in [3.63, 3.8) is 0 Å².